The van der Waals surface area contributed by atoms with Crippen molar-refractivity contribution in [3.63, 3.8) is 0 Å². The highest BCUT2D eigenvalue weighted by Gasteiger charge is 2.20. The summed E-state index contributed by atoms with van der Waals surface area (Å²) in [6, 6.07) is 24.8. The maximum absolute atomic E-state index is 12.4. The van der Waals surface area contributed by atoms with Crippen LogP contribution in [0.25, 0.3) is 0 Å². The van der Waals surface area contributed by atoms with Crippen molar-refractivity contribution < 1.29 is 14.6 Å². The fourth-order valence-corrected chi connectivity index (χ4v) is 3.66. The fraction of sp³-hybridized carbons (Fsp3) is 0.240. The van der Waals surface area contributed by atoms with E-state index in [9.17, 15) is 9.90 Å². The van der Waals surface area contributed by atoms with Gasteiger partial charge in [0.25, 0.3) is 0 Å². The molecule has 31 heavy (non-hydrogen) atoms. The number of hydrogen-bond donors (Lipinski definition) is 2. The molecule has 0 spiro atoms. The van der Waals surface area contributed by atoms with E-state index >= 15 is 0 Å². The van der Waals surface area contributed by atoms with Crippen LogP contribution < -0.4 is 15.0 Å². The topological polar surface area (TPSA) is 65.0 Å². The van der Waals surface area contributed by atoms with Gasteiger partial charge >= 0.3 is 0 Å². The van der Waals surface area contributed by atoms with Gasteiger partial charge in [0.15, 0.2) is 0 Å². The Morgan fingerprint density at radius 2 is 1.55 bits per heavy atom. The summed E-state index contributed by atoms with van der Waals surface area (Å²) in [4.78, 5) is 16.7. The van der Waals surface area contributed by atoms with Crippen LogP contribution in [0.15, 0.2) is 78.9 Å². The molecular weight excluding hydrogens is 390 g/mol. The number of para-hydroxylation sites is 2. The average Bonchev–Trinajstić information content (AvgIpc) is 2.80. The summed E-state index contributed by atoms with van der Waals surface area (Å²) in [5.74, 6) is 1.03. The summed E-state index contributed by atoms with van der Waals surface area (Å²) in [6.07, 6.45) is 0. The number of rotatable bonds is 7. The van der Waals surface area contributed by atoms with Crippen LogP contribution >= 0.6 is 0 Å². The summed E-state index contributed by atoms with van der Waals surface area (Å²) in [5.41, 5.74) is 2.72. The van der Waals surface area contributed by atoms with Gasteiger partial charge in [0, 0.05) is 31.9 Å². The van der Waals surface area contributed by atoms with E-state index in [-0.39, 0.29) is 5.91 Å². The highest BCUT2D eigenvalue weighted by molar-refractivity contribution is 5.92. The molecule has 0 atom stereocenters. The van der Waals surface area contributed by atoms with Crippen LogP contribution in [0.5, 0.6) is 11.5 Å². The van der Waals surface area contributed by atoms with Crippen molar-refractivity contribution >= 4 is 17.3 Å². The van der Waals surface area contributed by atoms with Gasteiger partial charge in [-0.25, -0.2) is 0 Å². The minimum absolute atomic E-state index is 0.0334. The molecule has 1 saturated heterocycles. The van der Waals surface area contributed by atoms with Gasteiger partial charge in [0.2, 0.25) is 5.91 Å². The average molecular weight is 418 g/mol. The summed E-state index contributed by atoms with van der Waals surface area (Å²) in [7, 11) is 0. The van der Waals surface area contributed by atoms with Gasteiger partial charge in [0.1, 0.15) is 18.1 Å². The molecular formula is C25H27N3O3. The Balaban J connectivity index is 1.21. The Bertz CT molecular complexity index is 984. The van der Waals surface area contributed by atoms with Gasteiger partial charge in [-0.15, -0.1) is 0 Å². The summed E-state index contributed by atoms with van der Waals surface area (Å²) in [5, 5.41) is 13.0. The Hall–Kier alpha value is -3.51. The first-order chi connectivity index (χ1) is 15.2. The number of hydrogen-bond acceptors (Lipinski definition) is 5. The van der Waals surface area contributed by atoms with Crippen LogP contribution in [0.2, 0.25) is 0 Å². The molecule has 6 heteroatoms. The summed E-state index contributed by atoms with van der Waals surface area (Å²) in [6.45, 7) is 3.96. The molecule has 4 rings (SSSR count). The number of carbonyl (C=O) groups is 1. The van der Waals surface area contributed by atoms with E-state index in [1.165, 1.54) is 0 Å². The van der Waals surface area contributed by atoms with Crippen molar-refractivity contribution in [1.82, 2.24) is 4.90 Å². The van der Waals surface area contributed by atoms with Crippen LogP contribution in [0.1, 0.15) is 5.56 Å². The molecule has 1 aliphatic rings. The summed E-state index contributed by atoms with van der Waals surface area (Å²) < 4.78 is 5.79. The molecule has 0 aliphatic carbocycles. The van der Waals surface area contributed by atoms with Crippen molar-refractivity contribution in [2.75, 3.05) is 42.9 Å². The monoisotopic (exact) mass is 417 g/mol. The molecule has 1 aliphatic heterocycles. The molecule has 0 bridgehead atoms. The molecule has 6 nitrogen and oxygen atoms in total. The zero-order valence-corrected chi connectivity index (χ0v) is 17.4. The van der Waals surface area contributed by atoms with E-state index in [1.54, 1.807) is 6.07 Å². The van der Waals surface area contributed by atoms with Crippen molar-refractivity contribution in [2.24, 2.45) is 0 Å². The first kappa shape index (κ1) is 20.8. The molecule has 0 radical (unpaired) electrons. The standard InChI is InChI=1S/C25H27N3O3/c29-24-9-5-4-8-23(24)28-16-14-27(15-17-28)18-25(30)26-21-10-12-22(13-11-21)31-19-20-6-2-1-3-7-20/h1-13,29H,14-19H2,(H,26,30). The van der Waals surface area contributed by atoms with Crippen LogP contribution in [-0.4, -0.2) is 48.6 Å². The van der Waals surface area contributed by atoms with Crippen LogP contribution in [-0.2, 0) is 11.4 Å². The first-order valence-corrected chi connectivity index (χ1v) is 10.5. The lowest BCUT2D eigenvalue weighted by atomic mass is 10.2. The Kier molecular flexibility index (Phi) is 6.69. The minimum Gasteiger partial charge on any atom is -0.506 e. The molecule has 1 amide bonds. The number of aromatic hydroxyl groups is 1. The smallest absolute Gasteiger partial charge is 0.238 e. The molecule has 1 heterocycles. The van der Waals surface area contributed by atoms with Crippen LogP contribution in [0.4, 0.5) is 11.4 Å². The molecule has 160 valence electrons. The van der Waals surface area contributed by atoms with Crippen LogP contribution in [0.3, 0.4) is 0 Å². The largest absolute Gasteiger partial charge is 0.506 e. The Labute approximate surface area is 182 Å². The van der Waals surface area contributed by atoms with E-state index in [1.807, 2.05) is 72.8 Å². The third-order valence-corrected chi connectivity index (χ3v) is 5.35. The van der Waals surface area contributed by atoms with Crippen molar-refractivity contribution in [2.45, 2.75) is 6.61 Å². The number of benzene rings is 3. The van der Waals surface area contributed by atoms with Gasteiger partial charge in [0.05, 0.1) is 12.2 Å². The highest BCUT2D eigenvalue weighted by Crippen LogP contribution is 2.27. The second kappa shape index (κ2) is 10.00. The van der Waals surface area contributed by atoms with Gasteiger partial charge in [-0.2, -0.15) is 0 Å². The molecule has 1 fully saturated rings. The molecule has 2 N–H and O–H groups in total. The van der Waals surface area contributed by atoms with Crippen LogP contribution in [0, 0.1) is 0 Å². The van der Waals surface area contributed by atoms with Gasteiger partial charge in [-0.1, -0.05) is 42.5 Å². The normalized spacial score (nSPS) is 14.3. The molecule has 3 aromatic carbocycles. The second-order valence-electron chi connectivity index (χ2n) is 7.60. The highest BCUT2D eigenvalue weighted by atomic mass is 16.5. The number of piperazine rings is 1. The third kappa shape index (κ3) is 5.77. The van der Waals surface area contributed by atoms with E-state index in [2.05, 4.69) is 15.1 Å². The molecule has 3 aromatic rings. The van der Waals surface area contributed by atoms with E-state index in [0.717, 1.165) is 48.9 Å². The fourth-order valence-electron chi connectivity index (χ4n) is 3.66. The van der Waals surface area contributed by atoms with Crippen molar-refractivity contribution in [3.05, 3.63) is 84.4 Å². The predicted octanol–water partition coefficient (Wildman–Crippen LogP) is 3.73. The third-order valence-electron chi connectivity index (χ3n) is 5.35. The second-order valence-corrected chi connectivity index (χ2v) is 7.60. The number of phenolic OH excluding ortho intramolecular Hbond substituents is 1. The van der Waals surface area contributed by atoms with E-state index in [4.69, 9.17) is 4.74 Å². The number of amides is 1. The maximum Gasteiger partial charge on any atom is 0.238 e. The summed E-state index contributed by atoms with van der Waals surface area (Å²) >= 11 is 0. The lowest BCUT2D eigenvalue weighted by Gasteiger charge is -2.35. The quantitative estimate of drug-likeness (QED) is 0.613. The van der Waals surface area contributed by atoms with E-state index in [0.29, 0.717) is 18.9 Å². The Morgan fingerprint density at radius 3 is 2.26 bits per heavy atom. The van der Waals surface area contributed by atoms with Crippen molar-refractivity contribution in [1.29, 1.82) is 0 Å². The number of ether oxygens (including phenoxy) is 1. The molecule has 0 aromatic heterocycles. The first-order valence-electron chi connectivity index (χ1n) is 10.5. The van der Waals surface area contributed by atoms with Gasteiger partial charge in [-0.3, -0.25) is 9.69 Å². The Morgan fingerprint density at radius 1 is 0.871 bits per heavy atom. The number of anilines is 2. The SMILES string of the molecule is O=C(CN1CCN(c2ccccc2O)CC1)Nc1ccc(OCc2ccccc2)cc1. The molecule has 0 unspecified atom stereocenters. The number of nitrogens with zero attached hydrogens (tertiary/aromatic N) is 2. The maximum atomic E-state index is 12.4. The number of phenols is 1. The predicted molar refractivity (Wildman–Crippen MR) is 123 cm³/mol. The van der Waals surface area contributed by atoms with E-state index < -0.39 is 0 Å². The number of carbonyl (C=O) groups excluding carboxylic acids is 1. The van der Waals surface area contributed by atoms with Crippen molar-refractivity contribution in [3.8, 4) is 11.5 Å². The molecule has 0 saturated carbocycles. The zero-order valence-electron chi connectivity index (χ0n) is 17.4. The number of nitrogens with one attached hydrogen (secondary N) is 1. The van der Waals surface area contributed by atoms with Gasteiger partial charge < -0.3 is 20.1 Å². The minimum atomic E-state index is -0.0334. The van der Waals surface area contributed by atoms with Gasteiger partial charge in [-0.05, 0) is 42.0 Å². The zero-order chi connectivity index (χ0) is 21.5. The lowest BCUT2D eigenvalue weighted by molar-refractivity contribution is -0.117. The lowest BCUT2D eigenvalue weighted by Crippen LogP contribution is -2.48.